The lowest BCUT2D eigenvalue weighted by Crippen LogP contribution is -1.74. The molecule has 2 nitrogen and oxygen atoms in total. The minimum Gasteiger partial charge on any atom is -0.354 e. The first-order valence-electron chi connectivity index (χ1n) is 5.67. The number of nitrogens with one attached hydrogen (secondary N) is 1. The largest absolute Gasteiger partial charge is 0.354 e. The first-order chi connectivity index (χ1) is 8.43. The zero-order chi connectivity index (χ0) is 11.2. The molecule has 0 aliphatic rings. The third kappa shape index (κ3) is 1.12. The molecule has 2 heterocycles. The van der Waals surface area contributed by atoms with Gasteiger partial charge in [0.05, 0.1) is 5.52 Å². The molecule has 0 spiro atoms. The van der Waals surface area contributed by atoms with Gasteiger partial charge in [0.15, 0.2) is 0 Å². The Morgan fingerprint density at radius 1 is 0.824 bits per heavy atom. The van der Waals surface area contributed by atoms with Crippen molar-refractivity contribution in [2.75, 3.05) is 0 Å². The van der Waals surface area contributed by atoms with E-state index in [9.17, 15) is 0 Å². The molecule has 0 saturated carbocycles. The Kier molecular flexibility index (Phi) is 1.59. The Bertz CT molecular complexity index is 843. The van der Waals surface area contributed by atoms with Crippen LogP contribution >= 0.6 is 0 Å². The maximum absolute atomic E-state index is 4.20. The molecular weight excluding hydrogens is 208 g/mol. The molecule has 17 heavy (non-hydrogen) atoms. The normalized spacial score (nSPS) is 11.5. The molecule has 1 N–H and O–H groups in total. The predicted molar refractivity (Wildman–Crippen MR) is 71.1 cm³/mol. The molecule has 0 unspecified atom stereocenters. The van der Waals surface area contributed by atoms with E-state index >= 15 is 0 Å². The number of rotatable bonds is 0. The second kappa shape index (κ2) is 3.08. The number of hydrogen-bond acceptors (Lipinski definition) is 1. The highest BCUT2D eigenvalue weighted by Crippen LogP contribution is 2.30. The number of H-pyrrole nitrogens is 1. The van der Waals surface area contributed by atoms with E-state index in [0.29, 0.717) is 0 Å². The minimum atomic E-state index is 1.14. The summed E-state index contributed by atoms with van der Waals surface area (Å²) in [6.07, 6.45) is 3.74. The summed E-state index contributed by atoms with van der Waals surface area (Å²) in [5, 5.41) is 4.96. The van der Waals surface area contributed by atoms with Gasteiger partial charge in [-0.1, -0.05) is 36.4 Å². The van der Waals surface area contributed by atoms with Crippen molar-refractivity contribution in [1.82, 2.24) is 9.97 Å². The van der Waals surface area contributed by atoms with Crippen LogP contribution in [0.25, 0.3) is 32.6 Å². The van der Waals surface area contributed by atoms with Gasteiger partial charge in [-0.05, 0) is 11.5 Å². The predicted octanol–water partition coefficient (Wildman–Crippen LogP) is 3.87. The molecule has 0 saturated heterocycles. The van der Waals surface area contributed by atoms with Crippen molar-refractivity contribution in [1.29, 1.82) is 0 Å². The molecule has 0 bridgehead atoms. The first kappa shape index (κ1) is 8.76. The molecular formula is C15H10N2. The lowest BCUT2D eigenvalue weighted by atomic mass is 10.1. The highest BCUT2D eigenvalue weighted by Gasteiger charge is 2.06. The Labute approximate surface area is 97.9 Å². The SMILES string of the molecule is c1ccc2c(c1)ccc1c3cnccc3[nH]c21. The van der Waals surface area contributed by atoms with Crippen molar-refractivity contribution < 1.29 is 0 Å². The van der Waals surface area contributed by atoms with Crippen molar-refractivity contribution in [2.45, 2.75) is 0 Å². The lowest BCUT2D eigenvalue weighted by molar-refractivity contribution is 1.36. The third-order valence-electron chi connectivity index (χ3n) is 3.30. The molecule has 0 atom stereocenters. The van der Waals surface area contributed by atoms with Crippen molar-refractivity contribution in [3.05, 3.63) is 54.9 Å². The van der Waals surface area contributed by atoms with E-state index in [-0.39, 0.29) is 0 Å². The van der Waals surface area contributed by atoms with Gasteiger partial charge in [-0.2, -0.15) is 0 Å². The van der Waals surface area contributed by atoms with Crippen LogP contribution in [0.5, 0.6) is 0 Å². The lowest BCUT2D eigenvalue weighted by Gasteiger charge is -1.98. The van der Waals surface area contributed by atoms with Crippen LogP contribution in [-0.4, -0.2) is 9.97 Å². The minimum absolute atomic E-state index is 1.14. The van der Waals surface area contributed by atoms with Crippen LogP contribution in [-0.2, 0) is 0 Å². The number of hydrogen-bond donors (Lipinski definition) is 1. The van der Waals surface area contributed by atoms with Crippen molar-refractivity contribution in [2.24, 2.45) is 0 Å². The van der Waals surface area contributed by atoms with Crippen LogP contribution in [0.4, 0.5) is 0 Å². The Balaban J connectivity index is 2.34. The van der Waals surface area contributed by atoms with E-state index in [4.69, 9.17) is 0 Å². The number of benzene rings is 2. The second-order valence-corrected chi connectivity index (χ2v) is 4.26. The second-order valence-electron chi connectivity index (χ2n) is 4.26. The standard InChI is InChI=1S/C15H10N2/c1-2-4-11-10(3-1)5-6-12-13-9-16-8-7-14(13)17-15(11)12/h1-9,17H. The van der Waals surface area contributed by atoms with Crippen molar-refractivity contribution in [3.8, 4) is 0 Å². The first-order valence-corrected chi connectivity index (χ1v) is 5.67. The molecule has 80 valence electrons. The highest BCUT2D eigenvalue weighted by molar-refractivity contribution is 6.16. The van der Waals surface area contributed by atoms with Crippen LogP contribution < -0.4 is 0 Å². The van der Waals surface area contributed by atoms with Gasteiger partial charge in [-0.15, -0.1) is 0 Å². The van der Waals surface area contributed by atoms with Gasteiger partial charge in [-0.3, -0.25) is 4.98 Å². The number of aromatic amines is 1. The number of aromatic nitrogens is 2. The fourth-order valence-corrected chi connectivity index (χ4v) is 2.48. The van der Waals surface area contributed by atoms with Gasteiger partial charge >= 0.3 is 0 Å². The number of fused-ring (bicyclic) bond motifs is 5. The summed E-state index contributed by atoms with van der Waals surface area (Å²) >= 11 is 0. The van der Waals surface area contributed by atoms with Gasteiger partial charge < -0.3 is 4.98 Å². The molecule has 4 aromatic rings. The highest BCUT2D eigenvalue weighted by atomic mass is 14.7. The molecule has 0 aliphatic heterocycles. The number of pyridine rings is 1. The summed E-state index contributed by atoms with van der Waals surface area (Å²) in [5.41, 5.74) is 2.34. The average Bonchev–Trinajstić information content (AvgIpc) is 2.78. The molecule has 2 aromatic heterocycles. The maximum atomic E-state index is 4.20. The maximum Gasteiger partial charge on any atom is 0.0545 e. The fraction of sp³-hybridized carbons (Fsp3) is 0. The Hall–Kier alpha value is -2.35. The summed E-state index contributed by atoms with van der Waals surface area (Å²) in [4.78, 5) is 7.68. The molecule has 0 aliphatic carbocycles. The van der Waals surface area contributed by atoms with Crippen LogP contribution in [0.15, 0.2) is 54.9 Å². The van der Waals surface area contributed by atoms with E-state index in [1.165, 1.54) is 27.1 Å². The van der Waals surface area contributed by atoms with Gasteiger partial charge in [0.2, 0.25) is 0 Å². The average molecular weight is 218 g/mol. The van der Waals surface area contributed by atoms with Gasteiger partial charge in [0.1, 0.15) is 0 Å². The summed E-state index contributed by atoms with van der Waals surface area (Å²) in [7, 11) is 0. The molecule has 4 rings (SSSR count). The van der Waals surface area contributed by atoms with E-state index in [0.717, 1.165) is 5.52 Å². The van der Waals surface area contributed by atoms with Crippen LogP contribution in [0.2, 0.25) is 0 Å². The van der Waals surface area contributed by atoms with Gasteiger partial charge in [0, 0.05) is 34.1 Å². The molecule has 2 aromatic carbocycles. The summed E-state index contributed by atoms with van der Waals surface area (Å²) in [5.74, 6) is 0. The zero-order valence-electron chi connectivity index (χ0n) is 9.14. The van der Waals surface area contributed by atoms with E-state index < -0.39 is 0 Å². The molecule has 0 fully saturated rings. The van der Waals surface area contributed by atoms with Crippen LogP contribution in [0.1, 0.15) is 0 Å². The Morgan fingerprint density at radius 2 is 1.76 bits per heavy atom. The number of nitrogens with zero attached hydrogens (tertiary/aromatic N) is 1. The molecule has 0 radical (unpaired) electrons. The molecule has 2 heteroatoms. The van der Waals surface area contributed by atoms with Crippen molar-refractivity contribution >= 4 is 32.6 Å². The van der Waals surface area contributed by atoms with E-state index in [1.54, 1.807) is 0 Å². The molecule has 0 amide bonds. The summed E-state index contributed by atoms with van der Waals surface area (Å²) in [6, 6.07) is 14.8. The van der Waals surface area contributed by atoms with Gasteiger partial charge in [-0.25, -0.2) is 0 Å². The topological polar surface area (TPSA) is 28.7 Å². The monoisotopic (exact) mass is 218 g/mol. The quantitative estimate of drug-likeness (QED) is 0.477. The van der Waals surface area contributed by atoms with Gasteiger partial charge in [0.25, 0.3) is 0 Å². The van der Waals surface area contributed by atoms with Crippen LogP contribution in [0, 0.1) is 0 Å². The van der Waals surface area contributed by atoms with E-state index in [1.807, 2.05) is 18.5 Å². The Morgan fingerprint density at radius 3 is 2.76 bits per heavy atom. The summed E-state index contributed by atoms with van der Waals surface area (Å²) in [6.45, 7) is 0. The third-order valence-corrected chi connectivity index (χ3v) is 3.30. The fourth-order valence-electron chi connectivity index (χ4n) is 2.48. The van der Waals surface area contributed by atoms with Crippen LogP contribution in [0.3, 0.4) is 0 Å². The zero-order valence-corrected chi connectivity index (χ0v) is 9.14. The van der Waals surface area contributed by atoms with Crippen molar-refractivity contribution in [3.63, 3.8) is 0 Å². The van der Waals surface area contributed by atoms with E-state index in [2.05, 4.69) is 46.4 Å². The summed E-state index contributed by atoms with van der Waals surface area (Å²) < 4.78 is 0. The smallest absolute Gasteiger partial charge is 0.0545 e.